The number of carbonyl (C=O) groups is 2. The third-order valence-corrected chi connectivity index (χ3v) is 5.24. The van der Waals surface area contributed by atoms with E-state index in [2.05, 4.69) is 0 Å². The maximum atomic E-state index is 13.4. The maximum Gasteiger partial charge on any atom is 0.313 e. The molecular formula is C18H21F2NO4. The second-order valence-electron chi connectivity index (χ2n) is 7.00. The van der Waals surface area contributed by atoms with Crippen molar-refractivity contribution in [2.75, 3.05) is 26.8 Å². The van der Waals surface area contributed by atoms with Gasteiger partial charge in [-0.05, 0) is 42.9 Å². The number of carbonyl (C=O) groups excluding carboxylic acids is 1. The van der Waals surface area contributed by atoms with E-state index in [1.165, 1.54) is 13.2 Å². The first kappa shape index (κ1) is 17.8. The molecule has 3 atom stereocenters. The minimum atomic E-state index is -1.07. The molecular weight excluding hydrogens is 332 g/mol. The fourth-order valence-corrected chi connectivity index (χ4v) is 3.76. The van der Waals surface area contributed by atoms with Crippen molar-refractivity contribution in [1.29, 1.82) is 0 Å². The summed E-state index contributed by atoms with van der Waals surface area (Å²) in [5.74, 6) is -3.33. The smallest absolute Gasteiger partial charge is 0.313 e. The number of carboxylic acids is 1. The van der Waals surface area contributed by atoms with Crippen molar-refractivity contribution >= 4 is 11.9 Å². The van der Waals surface area contributed by atoms with E-state index in [1.807, 2.05) is 0 Å². The molecule has 1 amide bonds. The van der Waals surface area contributed by atoms with Crippen molar-refractivity contribution in [1.82, 2.24) is 4.90 Å². The average molecular weight is 353 g/mol. The molecule has 1 saturated heterocycles. The Bertz CT molecular complexity index is 692. The lowest BCUT2D eigenvalue weighted by Crippen LogP contribution is -2.52. The minimum Gasteiger partial charge on any atom is -0.481 e. The van der Waals surface area contributed by atoms with Crippen LogP contribution in [0.5, 0.6) is 0 Å². The number of ether oxygens (including phenoxy) is 1. The topological polar surface area (TPSA) is 66.8 Å². The highest BCUT2D eigenvalue weighted by atomic mass is 19.2. The lowest BCUT2D eigenvalue weighted by atomic mass is 9.80. The Labute approximate surface area is 144 Å². The van der Waals surface area contributed by atoms with Crippen molar-refractivity contribution in [3.05, 3.63) is 35.4 Å². The fourth-order valence-electron chi connectivity index (χ4n) is 3.76. The van der Waals surface area contributed by atoms with Crippen molar-refractivity contribution in [3.8, 4) is 0 Å². The first-order valence-corrected chi connectivity index (χ1v) is 8.34. The van der Waals surface area contributed by atoms with E-state index in [9.17, 15) is 23.5 Å². The molecule has 136 valence electrons. The molecule has 1 aromatic carbocycles. The van der Waals surface area contributed by atoms with Crippen molar-refractivity contribution in [2.24, 2.45) is 11.3 Å². The number of likely N-dealkylation sites (tertiary alicyclic amines) is 1. The van der Waals surface area contributed by atoms with Crippen molar-refractivity contribution in [3.63, 3.8) is 0 Å². The van der Waals surface area contributed by atoms with Gasteiger partial charge in [-0.15, -0.1) is 0 Å². The SMILES string of the molecule is COCC1(C(=O)O)CCCN(C(=O)C2CC2c2ccc(F)c(F)c2)C1. The molecule has 7 heteroatoms. The summed E-state index contributed by atoms with van der Waals surface area (Å²) in [5.41, 5.74) is -0.467. The van der Waals surface area contributed by atoms with Crippen LogP contribution >= 0.6 is 0 Å². The Morgan fingerprint density at radius 3 is 2.76 bits per heavy atom. The largest absolute Gasteiger partial charge is 0.481 e. The molecule has 1 saturated carbocycles. The quantitative estimate of drug-likeness (QED) is 0.883. The highest BCUT2D eigenvalue weighted by Gasteiger charge is 2.50. The third-order valence-electron chi connectivity index (χ3n) is 5.24. The number of aliphatic carboxylic acids is 1. The van der Waals surface area contributed by atoms with E-state index in [1.54, 1.807) is 4.90 Å². The summed E-state index contributed by atoms with van der Waals surface area (Å²) in [6.45, 7) is 0.692. The molecule has 2 fully saturated rings. The number of hydrogen-bond donors (Lipinski definition) is 1. The first-order valence-electron chi connectivity index (χ1n) is 8.34. The van der Waals surface area contributed by atoms with Gasteiger partial charge < -0.3 is 14.7 Å². The molecule has 3 unspecified atom stereocenters. The predicted molar refractivity (Wildman–Crippen MR) is 85.0 cm³/mol. The van der Waals surface area contributed by atoms with Crippen molar-refractivity contribution < 1.29 is 28.2 Å². The molecule has 25 heavy (non-hydrogen) atoms. The summed E-state index contributed by atoms with van der Waals surface area (Å²) in [6.07, 6.45) is 1.64. The number of methoxy groups -OCH3 is 1. The van der Waals surface area contributed by atoms with Crippen LogP contribution in [0, 0.1) is 23.0 Å². The van der Waals surface area contributed by atoms with Gasteiger partial charge in [0.1, 0.15) is 5.41 Å². The van der Waals surface area contributed by atoms with Gasteiger partial charge in [0.25, 0.3) is 0 Å². The predicted octanol–water partition coefficient (Wildman–Crippen LogP) is 2.41. The van der Waals surface area contributed by atoms with Crippen LogP contribution in [0.25, 0.3) is 0 Å². The van der Waals surface area contributed by atoms with E-state index in [0.29, 0.717) is 31.4 Å². The summed E-state index contributed by atoms with van der Waals surface area (Å²) in [5, 5.41) is 9.57. The van der Waals surface area contributed by atoms with Crippen LogP contribution < -0.4 is 0 Å². The van der Waals surface area contributed by atoms with E-state index >= 15 is 0 Å². The Morgan fingerprint density at radius 1 is 1.36 bits per heavy atom. The van der Waals surface area contributed by atoms with Crippen LogP contribution in [0.4, 0.5) is 8.78 Å². The maximum absolute atomic E-state index is 13.4. The van der Waals surface area contributed by atoms with Gasteiger partial charge in [-0.2, -0.15) is 0 Å². The Hall–Kier alpha value is -2.02. The number of carboxylic acid groups (broad SMARTS) is 1. The van der Waals surface area contributed by atoms with Crippen LogP contribution in [0.15, 0.2) is 18.2 Å². The lowest BCUT2D eigenvalue weighted by Gasteiger charge is -2.39. The molecule has 1 aromatic rings. The van der Waals surface area contributed by atoms with Gasteiger partial charge in [-0.1, -0.05) is 6.07 Å². The highest BCUT2D eigenvalue weighted by molar-refractivity contribution is 5.84. The standard InChI is InChI=1S/C18H21F2NO4/c1-25-10-18(17(23)24)5-2-6-21(9-18)16(22)13-8-12(13)11-3-4-14(19)15(20)7-11/h3-4,7,12-13H,2,5-6,8-10H2,1H3,(H,23,24). The third kappa shape index (κ3) is 3.38. The van der Waals surface area contributed by atoms with Gasteiger partial charge in [-0.25, -0.2) is 8.78 Å². The number of rotatable bonds is 5. The molecule has 1 N–H and O–H groups in total. The normalized spacial score (nSPS) is 28.7. The number of halogens is 2. The van der Waals surface area contributed by atoms with E-state index < -0.39 is 23.0 Å². The molecule has 5 nitrogen and oxygen atoms in total. The molecule has 0 spiro atoms. The van der Waals surface area contributed by atoms with Crippen molar-refractivity contribution in [2.45, 2.75) is 25.2 Å². The fraction of sp³-hybridized carbons (Fsp3) is 0.556. The molecule has 0 radical (unpaired) electrons. The number of hydrogen-bond acceptors (Lipinski definition) is 3. The van der Waals surface area contributed by atoms with Gasteiger partial charge in [-0.3, -0.25) is 9.59 Å². The zero-order chi connectivity index (χ0) is 18.2. The van der Waals surface area contributed by atoms with Gasteiger partial charge in [0.2, 0.25) is 5.91 Å². The molecule has 0 aromatic heterocycles. The molecule has 0 bridgehead atoms. The van der Waals surface area contributed by atoms with Gasteiger partial charge in [0, 0.05) is 26.1 Å². The summed E-state index contributed by atoms with van der Waals surface area (Å²) >= 11 is 0. The summed E-state index contributed by atoms with van der Waals surface area (Å²) in [6, 6.07) is 3.70. The zero-order valence-electron chi connectivity index (χ0n) is 14.0. The van der Waals surface area contributed by atoms with E-state index in [4.69, 9.17) is 4.74 Å². The first-order chi connectivity index (χ1) is 11.9. The summed E-state index contributed by atoms with van der Waals surface area (Å²) in [4.78, 5) is 26.0. The van der Waals surface area contributed by atoms with Crippen LogP contribution in [0.1, 0.15) is 30.7 Å². The summed E-state index contributed by atoms with van der Waals surface area (Å²) < 4.78 is 31.5. The van der Waals surface area contributed by atoms with E-state index in [-0.39, 0.29) is 30.9 Å². The number of amides is 1. The molecule has 1 aliphatic carbocycles. The monoisotopic (exact) mass is 353 g/mol. The lowest BCUT2D eigenvalue weighted by molar-refractivity contribution is -0.159. The van der Waals surface area contributed by atoms with E-state index in [0.717, 1.165) is 12.1 Å². The van der Waals surface area contributed by atoms with Crippen LogP contribution in [-0.4, -0.2) is 48.7 Å². The molecule has 1 heterocycles. The van der Waals surface area contributed by atoms with Crippen LogP contribution in [0.3, 0.4) is 0 Å². The van der Waals surface area contributed by atoms with Gasteiger partial charge >= 0.3 is 5.97 Å². The molecule has 2 aliphatic rings. The summed E-state index contributed by atoms with van der Waals surface area (Å²) in [7, 11) is 1.45. The van der Waals surface area contributed by atoms with Crippen LogP contribution in [0.2, 0.25) is 0 Å². The Morgan fingerprint density at radius 2 is 2.12 bits per heavy atom. The van der Waals surface area contributed by atoms with Crippen LogP contribution in [-0.2, 0) is 14.3 Å². The highest BCUT2D eigenvalue weighted by Crippen LogP contribution is 2.49. The second-order valence-corrected chi connectivity index (χ2v) is 7.00. The number of piperidine rings is 1. The second kappa shape index (κ2) is 6.71. The number of nitrogens with zero attached hydrogens (tertiary/aromatic N) is 1. The number of benzene rings is 1. The zero-order valence-corrected chi connectivity index (χ0v) is 14.0. The minimum absolute atomic E-state index is 0.0589. The Kier molecular flexibility index (Phi) is 4.77. The molecule has 1 aliphatic heterocycles. The molecule has 3 rings (SSSR count). The van der Waals surface area contributed by atoms with Gasteiger partial charge in [0.15, 0.2) is 11.6 Å². The average Bonchev–Trinajstić information content (AvgIpc) is 3.37. The van der Waals surface area contributed by atoms with Gasteiger partial charge in [0.05, 0.1) is 6.61 Å². The Balaban J connectivity index is 1.69.